The summed E-state index contributed by atoms with van der Waals surface area (Å²) in [5, 5.41) is 4.97. The van der Waals surface area contributed by atoms with Crippen molar-refractivity contribution in [2.24, 2.45) is 0 Å². The first kappa shape index (κ1) is 25.6. The van der Waals surface area contributed by atoms with Gasteiger partial charge in [0.25, 0.3) is 0 Å². The van der Waals surface area contributed by atoms with Crippen LogP contribution < -0.4 is 0 Å². The summed E-state index contributed by atoms with van der Waals surface area (Å²) < 4.78 is 11.9. The van der Waals surface area contributed by atoms with E-state index in [0.717, 1.165) is 64.7 Å². The average molecular weight is 545 g/mol. The molecule has 3 aromatic carbocycles. The predicted octanol–water partition coefficient (Wildman–Crippen LogP) is 8.54. The fraction of sp³-hybridized carbons (Fsp3) is 0.314. The zero-order valence-corrected chi connectivity index (χ0v) is 23.6. The van der Waals surface area contributed by atoms with E-state index < -0.39 is 0 Å². The second-order valence-electron chi connectivity index (χ2n) is 11.8. The van der Waals surface area contributed by atoms with Crippen LogP contribution in [0.25, 0.3) is 33.4 Å². The molecule has 41 heavy (non-hydrogen) atoms. The Morgan fingerprint density at radius 3 is 2.39 bits per heavy atom. The quantitative estimate of drug-likeness (QED) is 0.173. The summed E-state index contributed by atoms with van der Waals surface area (Å²) in [5.41, 5.74) is 6.60. The van der Waals surface area contributed by atoms with Crippen molar-refractivity contribution in [3.05, 3.63) is 94.6 Å². The van der Waals surface area contributed by atoms with E-state index in [1.165, 1.54) is 0 Å². The van der Waals surface area contributed by atoms with Crippen molar-refractivity contribution >= 4 is 22.5 Å². The van der Waals surface area contributed by atoms with Gasteiger partial charge in [0, 0.05) is 35.3 Å². The van der Waals surface area contributed by atoms with Crippen molar-refractivity contribution in [2.75, 3.05) is 0 Å². The monoisotopic (exact) mass is 544 g/mol. The molecule has 206 valence electrons. The summed E-state index contributed by atoms with van der Waals surface area (Å²) in [6, 6.07) is 19.9. The molecule has 0 amide bonds. The minimum atomic E-state index is -0.334. The molecule has 2 fully saturated rings. The molecule has 0 radical (unpaired) electrons. The Labute approximate surface area is 238 Å². The van der Waals surface area contributed by atoms with Gasteiger partial charge in [-0.05, 0) is 74.4 Å². The fourth-order valence-corrected chi connectivity index (χ4v) is 5.72. The second-order valence-corrected chi connectivity index (χ2v) is 11.8. The van der Waals surface area contributed by atoms with Gasteiger partial charge in [-0.3, -0.25) is 9.59 Å². The largest absolute Gasteiger partial charge is 0.455 e. The number of aryl methyl sites for hydroxylation is 2. The summed E-state index contributed by atoms with van der Waals surface area (Å²) in [4.78, 5) is 31.4. The number of carbonyl (C=O) groups is 2. The Balaban J connectivity index is 1.23. The second kappa shape index (κ2) is 9.65. The summed E-state index contributed by atoms with van der Waals surface area (Å²) in [5.74, 6) is 2.54. The zero-order chi connectivity index (χ0) is 28.3. The molecule has 0 atom stereocenters. The molecule has 7 rings (SSSR count). The first-order chi connectivity index (χ1) is 19.8. The predicted molar refractivity (Wildman–Crippen MR) is 157 cm³/mol. The highest BCUT2D eigenvalue weighted by atomic mass is 16.5. The number of carbonyl (C=O) groups excluding carboxylic acids is 2. The highest BCUT2D eigenvalue weighted by Crippen LogP contribution is 2.52. The number of Topliss-reactive ketones (excluding diaryl/α,β-unsaturated/α-hetero) is 2. The van der Waals surface area contributed by atoms with E-state index >= 15 is 0 Å². The zero-order valence-electron chi connectivity index (χ0n) is 23.6. The van der Waals surface area contributed by atoms with E-state index in [-0.39, 0.29) is 17.0 Å². The van der Waals surface area contributed by atoms with E-state index in [9.17, 15) is 9.59 Å². The minimum absolute atomic E-state index is 0.0396. The molecule has 5 aromatic rings. The van der Waals surface area contributed by atoms with Gasteiger partial charge in [-0.25, -0.2) is 0 Å². The smallest absolute Gasteiger partial charge is 0.233 e. The van der Waals surface area contributed by atoms with Gasteiger partial charge in [0.05, 0.1) is 11.0 Å². The lowest BCUT2D eigenvalue weighted by Crippen LogP contribution is -2.14. The van der Waals surface area contributed by atoms with Gasteiger partial charge in [-0.1, -0.05) is 60.1 Å². The lowest BCUT2D eigenvalue weighted by molar-refractivity contribution is 0.0961. The van der Waals surface area contributed by atoms with Crippen molar-refractivity contribution < 1.29 is 18.5 Å². The number of ketones is 2. The Morgan fingerprint density at radius 2 is 1.68 bits per heavy atom. The van der Waals surface area contributed by atoms with Crippen LogP contribution in [0.1, 0.15) is 94.9 Å². The number of fused-ring (bicyclic) bond motifs is 1. The van der Waals surface area contributed by atoms with Gasteiger partial charge in [0.2, 0.25) is 5.89 Å². The van der Waals surface area contributed by atoms with Crippen LogP contribution in [0.15, 0.2) is 69.6 Å². The summed E-state index contributed by atoms with van der Waals surface area (Å²) in [6.07, 6.45) is 4.74. The Bertz CT molecular complexity index is 1820. The lowest BCUT2D eigenvalue weighted by Gasteiger charge is -2.12. The van der Waals surface area contributed by atoms with Gasteiger partial charge >= 0.3 is 0 Å². The third-order valence-electron chi connectivity index (χ3n) is 8.66. The van der Waals surface area contributed by atoms with Crippen LogP contribution >= 0.6 is 0 Å². The maximum absolute atomic E-state index is 13.6. The van der Waals surface area contributed by atoms with Gasteiger partial charge in [-0.15, -0.1) is 0 Å². The molecule has 0 saturated heterocycles. The molecule has 0 aliphatic heterocycles. The Morgan fingerprint density at radius 1 is 0.927 bits per heavy atom. The van der Waals surface area contributed by atoms with Gasteiger partial charge in [-0.2, -0.15) is 4.98 Å². The van der Waals surface area contributed by atoms with Crippen molar-refractivity contribution in [2.45, 2.75) is 70.6 Å². The topological polar surface area (TPSA) is 86.2 Å². The number of rotatable bonds is 9. The molecule has 2 aromatic heterocycles. The van der Waals surface area contributed by atoms with Crippen LogP contribution in [0.4, 0.5) is 0 Å². The average Bonchev–Trinajstić information content (AvgIpc) is 3.90. The van der Waals surface area contributed by atoms with Gasteiger partial charge in [0.1, 0.15) is 11.3 Å². The summed E-state index contributed by atoms with van der Waals surface area (Å²) >= 11 is 0. The normalized spacial score (nSPS) is 15.8. The first-order valence-electron chi connectivity index (χ1n) is 14.5. The van der Waals surface area contributed by atoms with Crippen LogP contribution in [-0.2, 0) is 5.41 Å². The third kappa shape index (κ3) is 4.61. The first-order valence-corrected chi connectivity index (χ1v) is 14.5. The van der Waals surface area contributed by atoms with E-state index in [2.05, 4.69) is 10.1 Å². The number of hydrogen-bond donors (Lipinski definition) is 0. The molecule has 6 nitrogen and oxygen atoms in total. The van der Waals surface area contributed by atoms with E-state index in [4.69, 9.17) is 8.94 Å². The molecule has 0 N–H and O–H groups in total. The van der Waals surface area contributed by atoms with Crippen LogP contribution in [0.3, 0.4) is 0 Å². The molecule has 0 unspecified atom stereocenters. The van der Waals surface area contributed by atoms with Crippen molar-refractivity contribution in [3.63, 3.8) is 0 Å². The highest BCUT2D eigenvalue weighted by Gasteiger charge is 2.51. The SMILES string of the molecule is CCC(=O)c1c(-c2ccc(C)cc2)oc2ccc(-c3cc(C(=O)CC4(c5nc(C6CC6)no5)CC4)ccc3C)cc12. The molecule has 2 saturated carbocycles. The maximum atomic E-state index is 13.6. The van der Waals surface area contributed by atoms with Crippen LogP contribution in [0.2, 0.25) is 0 Å². The van der Waals surface area contributed by atoms with E-state index in [0.29, 0.717) is 47.1 Å². The Kier molecular flexibility index (Phi) is 6.03. The molecule has 2 aliphatic carbocycles. The van der Waals surface area contributed by atoms with E-state index in [1.54, 1.807) is 0 Å². The molecule has 0 spiro atoms. The minimum Gasteiger partial charge on any atom is -0.455 e. The van der Waals surface area contributed by atoms with Gasteiger partial charge < -0.3 is 8.94 Å². The van der Waals surface area contributed by atoms with Crippen LogP contribution in [0, 0.1) is 13.8 Å². The molecule has 6 heteroatoms. The number of benzene rings is 3. The third-order valence-corrected chi connectivity index (χ3v) is 8.66. The number of nitrogens with zero attached hydrogens (tertiary/aromatic N) is 2. The van der Waals surface area contributed by atoms with Crippen molar-refractivity contribution in [1.82, 2.24) is 10.1 Å². The number of furan rings is 1. The summed E-state index contributed by atoms with van der Waals surface area (Å²) in [7, 11) is 0. The molecular formula is C35H32N2O4. The molecule has 2 heterocycles. The van der Waals surface area contributed by atoms with E-state index in [1.807, 2.05) is 81.4 Å². The standard InChI is InChI=1S/C35H32N2O4/c1-4-28(38)31-27-17-24(13-14-30(27)40-32(31)22-8-5-20(2)6-9-22)26-18-25(10-7-21(26)3)29(39)19-35(15-16-35)34-36-33(37-41-34)23-11-12-23/h5-10,13-14,17-18,23H,4,11-12,15-16,19H2,1-3H3. The van der Waals surface area contributed by atoms with Crippen molar-refractivity contribution in [3.8, 4) is 22.5 Å². The van der Waals surface area contributed by atoms with Gasteiger partial charge in [0.15, 0.2) is 17.4 Å². The highest BCUT2D eigenvalue weighted by molar-refractivity contribution is 6.12. The van der Waals surface area contributed by atoms with Crippen LogP contribution in [-0.4, -0.2) is 21.7 Å². The number of hydrogen-bond acceptors (Lipinski definition) is 6. The summed E-state index contributed by atoms with van der Waals surface area (Å²) in [6.45, 7) is 5.95. The Hall–Kier alpha value is -4.32. The van der Waals surface area contributed by atoms with Crippen molar-refractivity contribution in [1.29, 1.82) is 0 Å². The number of aromatic nitrogens is 2. The lowest BCUT2D eigenvalue weighted by atomic mass is 9.91. The molecule has 2 aliphatic rings. The maximum Gasteiger partial charge on any atom is 0.233 e. The van der Waals surface area contributed by atoms with Crippen LogP contribution in [0.5, 0.6) is 0 Å². The molecular weight excluding hydrogens is 512 g/mol. The fourth-order valence-electron chi connectivity index (χ4n) is 5.72. The molecule has 0 bridgehead atoms.